The van der Waals surface area contributed by atoms with Crippen molar-refractivity contribution >= 4 is 21.6 Å². The molecule has 0 amide bonds. The van der Waals surface area contributed by atoms with Gasteiger partial charge in [-0.2, -0.15) is 0 Å². The smallest absolute Gasteiger partial charge is 0.282 e. The number of hydrogen-bond donors (Lipinski definition) is 0. The summed E-state index contributed by atoms with van der Waals surface area (Å²) in [4.78, 5) is 18.4. The lowest BCUT2D eigenvalue weighted by Gasteiger charge is -2.12. The first-order chi connectivity index (χ1) is 12.1. The van der Waals surface area contributed by atoms with Crippen molar-refractivity contribution in [1.29, 1.82) is 0 Å². The molecule has 0 aliphatic rings. The molecule has 0 aliphatic carbocycles. The molecule has 25 heavy (non-hydrogen) atoms. The van der Waals surface area contributed by atoms with Gasteiger partial charge in [0.15, 0.2) is 0 Å². The van der Waals surface area contributed by atoms with Crippen LogP contribution in [-0.4, -0.2) is 21.4 Å². The Labute approximate surface area is 148 Å². The van der Waals surface area contributed by atoms with Gasteiger partial charge in [0.05, 0.1) is 12.5 Å². The zero-order valence-corrected chi connectivity index (χ0v) is 15.0. The van der Waals surface area contributed by atoms with E-state index < -0.39 is 0 Å². The second-order valence-electron chi connectivity index (χ2n) is 5.88. The maximum Gasteiger partial charge on any atom is 0.282 e. The minimum Gasteiger partial charge on any atom is -0.497 e. The van der Waals surface area contributed by atoms with Crippen LogP contribution in [0, 0.1) is 13.8 Å². The Hall–Kier alpha value is -2.86. The summed E-state index contributed by atoms with van der Waals surface area (Å²) >= 11 is 1.48. The molecule has 0 fully saturated rings. The number of benzene rings is 1. The minimum absolute atomic E-state index is 0.0699. The zero-order chi connectivity index (χ0) is 17.6. The van der Waals surface area contributed by atoms with Crippen LogP contribution in [0.4, 0.5) is 0 Å². The Kier molecular flexibility index (Phi) is 3.69. The number of rotatable bonds is 3. The molecule has 0 unspecified atom stereocenters. The molecule has 1 aromatic carbocycles. The van der Waals surface area contributed by atoms with E-state index in [1.165, 1.54) is 11.3 Å². The highest BCUT2D eigenvalue weighted by atomic mass is 32.1. The Balaban J connectivity index is 1.96. The Bertz CT molecular complexity index is 1100. The van der Waals surface area contributed by atoms with E-state index in [4.69, 9.17) is 4.74 Å². The number of hydrogen-bond acceptors (Lipinski definition) is 4. The summed E-state index contributed by atoms with van der Waals surface area (Å²) in [6.45, 7) is 3.95. The van der Waals surface area contributed by atoms with Crippen LogP contribution in [0.5, 0.6) is 5.75 Å². The van der Waals surface area contributed by atoms with Crippen LogP contribution in [-0.2, 0) is 0 Å². The molecule has 4 aromatic rings. The second kappa shape index (κ2) is 5.89. The summed E-state index contributed by atoms with van der Waals surface area (Å²) < 4.78 is 8.67. The van der Waals surface area contributed by atoms with Crippen molar-refractivity contribution in [3.8, 4) is 16.9 Å². The molecule has 3 heterocycles. The minimum atomic E-state index is -0.0699. The van der Waals surface area contributed by atoms with Gasteiger partial charge < -0.3 is 4.74 Å². The van der Waals surface area contributed by atoms with Gasteiger partial charge in [0.1, 0.15) is 16.9 Å². The van der Waals surface area contributed by atoms with Crippen molar-refractivity contribution in [2.75, 3.05) is 7.11 Å². The average Bonchev–Trinajstić information content (AvgIpc) is 3.20. The molecular formula is C19H17N3O2S. The van der Waals surface area contributed by atoms with Gasteiger partial charge in [-0.3, -0.25) is 9.47 Å². The number of methoxy groups -OCH3 is 1. The Morgan fingerprint density at radius 2 is 1.72 bits per heavy atom. The highest BCUT2D eigenvalue weighted by Gasteiger charge is 2.15. The molecule has 0 aliphatic heterocycles. The molecule has 5 nitrogen and oxygen atoms in total. The lowest BCUT2D eigenvalue weighted by atomic mass is 10.1. The van der Waals surface area contributed by atoms with Crippen molar-refractivity contribution in [1.82, 2.24) is 14.3 Å². The fraction of sp³-hybridized carbons (Fsp3) is 0.158. The first-order valence-electron chi connectivity index (χ1n) is 7.89. The lowest BCUT2D eigenvalue weighted by Crippen LogP contribution is -2.27. The Morgan fingerprint density at radius 1 is 1.04 bits per heavy atom. The van der Waals surface area contributed by atoms with Gasteiger partial charge in [0, 0.05) is 22.3 Å². The average molecular weight is 351 g/mol. The molecule has 0 N–H and O–H groups in total. The van der Waals surface area contributed by atoms with Gasteiger partial charge in [-0.05, 0) is 43.7 Å². The summed E-state index contributed by atoms with van der Waals surface area (Å²) in [5.41, 5.74) is 3.78. The summed E-state index contributed by atoms with van der Waals surface area (Å²) in [6.07, 6.45) is 1.60. The van der Waals surface area contributed by atoms with Crippen LogP contribution < -0.4 is 10.3 Å². The van der Waals surface area contributed by atoms with Gasteiger partial charge in [-0.1, -0.05) is 12.1 Å². The van der Waals surface area contributed by atoms with Crippen molar-refractivity contribution in [3.63, 3.8) is 0 Å². The van der Waals surface area contributed by atoms with Gasteiger partial charge >= 0.3 is 0 Å². The number of fused-ring (bicyclic) bond motifs is 1. The fourth-order valence-electron chi connectivity index (χ4n) is 3.05. The molecule has 4 rings (SSSR count). The van der Waals surface area contributed by atoms with Crippen LogP contribution in [0.1, 0.15) is 11.4 Å². The van der Waals surface area contributed by atoms with E-state index in [2.05, 4.69) is 4.98 Å². The van der Waals surface area contributed by atoms with Crippen molar-refractivity contribution in [3.05, 3.63) is 69.8 Å². The highest BCUT2D eigenvalue weighted by Crippen LogP contribution is 2.31. The van der Waals surface area contributed by atoms with E-state index in [1.807, 2.05) is 60.3 Å². The molecule has 3 aromatic heterocycles. The van der Waals surface area contributed by atoms with E-state index in [1.54, 1.807) is 18.1 Å². The monoisotopic (exact) mass is 351 g/mol. The normalized spacial score (nSPS) is 11.2. The summed E-state index contributed by atoms with van der Waals surface area (Å²) in [5, 5.41) is 2.63. The first-order valence-corrected chi connectivity index (χ1v) is 8.77. The molecule has 0 bridgehead atoms. The molecule has 0 saturated carbocycles. The molecule has 126 valence electrons. The first kappa shape index (κ1) is 15.7. The number of aromatic nitrogens is 3. The van der Waals surface area contributed by atoms with Crippen molar-refractivity contribution in [2.24, 2.45) is 0 Å². The van der Waals surface area contributed by atoms with Gasteiger partial charge in [0.2, 0.25) is 0 Å². The van der Waals surface area contributed by atoms with Gasteiger partial charge in [-0.25, -0.2) is 9.66 Å². The molecule has 0 spiro atoms. The third-order valence-electron chi connectivity index (χ3n) is 4.33. The largest absolute Gasteiger partial charge is 0.497 e. The van der Waals surface area contributed by atoms with E-state index in [9.17, 15) is 4.79 Å². The Morgan fingerprint density at radius 3 is 2.36 bits per heavy atom. The fourth-order valence-corrected chi connectivity index (χ4v) is 3.96. The van der Waals surface area contributed by atoms with Crippen LogP contribution in [0.15, 0.2) is 52.9 Å². The molecular weight excluding hydrogens is 334 g/mol. The lowest BCUT2D eigenvalue weighted by molar-refractivity contribution is 0.415. The predicted octanol–water partition coefficient (Wildman–Crippen LogP) is 3.86. The van der Waals surface area contributed by atoms with E-state index in [0.717, 1.165) is 33.1 Å². The zero-order valence-electron chi connectivity index (χ0n) is 14.2. The van der Waals surface area contributed by atoms with E-state index >= 15 is 0 Å². The number of aryl methyl sites for hydroxylation is 2. The van der Waals surface area contributed by atoms with Crippen LogP contribution in [0.2, 0.25) is 0 Å². The standard InChI is InChI=1S/C19H17N3O2S/c1-12-4-5-13(2)22(12)21-11-20-18-17(19(21)23)16(10-25-18)14-6-8-15(24-3)9-7-14/h4-11H,1-3H3. The second-order valence-corrected chi connectivity index (χ2v) is 6.74. The van der Waals surface area contributed by atoms with Crippen LogP contribution in [0.25, 0.3) is 21.3 Å². The van der Waals surface area contributed by atoms with Gasteiger partial charge in [0.25, 0.3) is 5.56 Å². The summed E-state index contributed by atoms with van der Waals surface area (Å²) in [5.74, 6) is 0.789. The SMILES string of the molecule is COc1ccc(-c2csc3ncn(-n4c(C)ccc4C)c(=O)c23)cc1. The quantitative estimate of drug-likeness (QED) is 0.563. The maximum atomic E-state index is 13.2. The highest BCUT2D eigenvalue weighted by molar-refractivity contribution is 7.17. The third kappa shape index (κ3) is 2.46. The molecule has 0 radical (unpaired) electrons. The van der Waals surface area contributed by atoms with Crippen molar-refractivity contribution < 1.29 is 4.74 Å². The summed E-state index contributed by atoms with van der Waals surface area (Å²) in [7, 11) is 1.64. The maximum absolute atomic E-state index is 13.2. The topological polar surface area (TPSA) is 49.0 Å². The molecule has 6 heteroatoms. The molecule has 0 atom stereocenters. The van der Waals surface area contributed by atoms with Crippen LogP contribution in [0.3, 0.4) is 0 Å². The molecule has 0 saturated heterocycles. The van der Waals surface area contributed by atoms with Gasteiger partial charge in [-0.15, -0.1) is 11.3 Å². The third-order valence-corrected chi connectivity index (χ3v) is 5.21. The van der Waals surface area contributed by atoms with E-state index in [0.29, 0.717) is 5.39 Å². The number of nitrogens with zero attached hydrogens (tertiary/aromatic N) is 3. The predicted molar refractivity (Wildman–Crippen MR) is 101 cm³/mol. The van der Waals surface area contributed by atoms with Crippen molar-refractivity contribution in [2.45, 2.75) is 13.8 Å². The number of thiophene rings is 1. The van der Waals surface area contributed by atoms with Crippen LogP contribution >= 0.6 is 11.3 Å². The van der Waals surface area contributed by atoms with E-state index in [-0.39, 0.29) is 5.56 Å². The number of ether oxygens (including phenoxy) is 1. The summed E-state index contributed by atoms with van der Waals surface area (Å²) in [6, 6.07) is 11.7.